The number of ether oxygens (including phenoxy) is 2. The standard InChI is InChI=1S/C28H32N2O4/c31-27-24-14-5-4-11-23(24)20-34-18-17-33-16-7-6-15-25(30-27)26(22-12-8-13-22)28(32)29-19-21-9-2-1-3-10-21/h1-7,9-11,14,25H,8,12-13,15-20H2,(H,29,32)(H,30,31)/b7-6-. The predicted molar refractivity (Wildman–Crippen MR) is 131 cm³/mol. The maximum atomic E-state index is 13.4. The van der Waals surface area contributed by atoms with Crippen LogP contribution in [-0.2, 0) is 27.4 Å². The predicted octanol–water partition coefficient (Wildman–Crippen LogP) is 4.08. The van der Waals surface area contributed by atoms with Crippen molar-refractivity contribution < 1.29 is 19.1 Å². The summed E-state index contributed by atoms with van der Waals surface area (Å²) in [6.45, 7) is 2.19. The molecule has 0 bridgehead atoms. The average Bonchev–Trinajstić information content (AvgIpc) is 2.83. The van der Waals surface area contributed by atoms with E-state index in [1.54, 1.807) is 6.07 Å². The Bertz CT molecular complexity index is 1040. The molecule has 1 atom stereocenters. The van der Waals surface area contributed by atoms with Crippen molar-refractivity contribution in [1.82, 2.24) is 10.6 Å². The third-order valence-corrected chi connectivity index (χ3v) is 6.18. The van der Waals surface area contributed by atoms with Crippen LogP contribution in [0, 0.1) is 0 Å². The van der Waals surface area contributed by atoms with Gasteiger partial charge in [0.25, 0.3) is 5.91 Å². The highest BCUT2D eigenvalue weighted by Crippen LogP contribution is 2.31. The van der Waals surface area contributed by atoms with E-state index >= 15 is 0 Å². The van der Waals surface area contributed by atoms with Gasteiger partial charge in [-0.25, -0.2) is 0 Å². The third kappa shape index (κ3) is 6.43. The quantitative estimate of drug-likeness (QED) is 0.533. The Labute approximate surface area is 201 Å². The number of fused-ring (bicyclic) bond motifs is 1. The molecule has 6 heteroatoms. The first-order chi connectivity index (χ1) is 16.7. The second-order valence-electron chi connectivity index (χ2n) is 8.56. The molecule has 2 aromatic carbocycles. The Balaban J connectivity index is 1.58. The largest absolute Gasteiger partial charge is 0.375 e. The number of carbonyl (C=O) groups excluding carboxylic acids is 2. The van der Waals surface area contributed by atoms with Crippen molar-refractivity contribution in [2.24, 2.45) is 0 Å². The van der Waals surface area contributed by atoms with E-state index in [2.05, 4.69) is 10.6 Å². The number of nitrogens with one attached hydrogen (secondary N) is 2. The molecular weight excluding hydrogens is 428 g/mol. The zero-order valence-electron chi connectivity index (χ0n) is 19.4. The van der Waals surface area contributed by atoms with E-state index in [0.29, 0.717) is 50.5 Å². The SMILES string of the molecule is O=C(NCc1ccccc1)C(=C1CCC1)C1C/C=C\COCCOCc2ccccc2C(=O)N1. The molecule has 34 heavy (non-hydrogen) atoms. The van der Waals surface area contributed by atoms with Gasteiger partial charge in [-0.2, -0.15) is 0 Å². The van der Waals surface area contributed by atoms with Crippen molar-refractivity contribution in [3.05, 3.63) is 94.6 Å². The highest BCUT2D eigenvalue weighted by Gasteiger charge is 2.28. The molecule has 1 heterocycles. The van der Waals surface area contributed by atoms with Gasteiger partial charge in [0, 0.05) is 17.7 Å². The van der Waals surface area contributed by atoms with Gasteiger partial charge >= 0.3 is 0 Å². The summed E-state index contributed by atoms with van der Waals surface area (Å²) in [5, 5.41) is 6.22. The van der Waals surface area contributed by atoms with Gasteiger partial charge < -0.3 is 20.1 Å². The zero-order chi connectivity index (χ0) is 23.6. The van der Waals surface area contributed by atoms with E-state index in [-0.39, 0.29) is 11.8 Å². The summed E-state index contributed by atoms with van der Waals surface area (Å²) in [6.07, 6.45) is 7.27. The Hall–Kier alpha value is -3.22. The highest BCUT2D eigenvalue weighted by atomic mass is 16.5. The zero-order valence-corrected chi connectivity index (χ0v) is 19.4. The average molecular weight is 461 g/mol. The summed E-state index contributed by atoms with van der Waals surface area (Å²) in [6, 6.07) is 16.9. The van der Waals surface area contributed by atoms with Crippen LogP contribution in [0.5, 0.6) is 0 Å². The van der Waals surface area contributed by atoms with Crippen molar-refractivity contribution in [3.8, 4) is 0 Å². The fraction of sp³-hybridized carbons (Fsp3) is 0.357. The molecule has 0 aromatic heterocycles. The van der Waals surface area contributed by atoms with E-state index in [1.807, 2.05) is 60.7 Å². The van der Waals surface area contributed by atoms with E-state index in [1.165, 1.54) is 0 Å². The van der Waals surface area contributed by atoms with Gasteiger partial charge in [0.1, 0.15) is 0 Å². The van der Waals surface area contributed by atoms with Crippen LogP contribution < -0.4 is 10.6 Å². The number of carbonyl (C=O) groups is 2. The van der Waals surface area contributed by atoms with E-state index in [0.717, 1.165) is 36.0 Å². The van der Waals surface area contributed by atoms with Crippen molar-refractivity contribution in [3.63, 3.8) is 0 Å². The summed E-state index contributed by atoms with van der Waals surface area (Å²) in [5.74, 6) is -0.314. The molecule has 2 aliphatic rings. The Kier molecular flexibility index (Phi) is 8.65. The van der Waals surface area contributed by atoms with E-state index < -0.39 is 6.04 Å². The van der Waals surface area contributed by atoms with E-state index in [9.17, 15) is 9.59 Å². The second kappa shape index (κ2) is 12.3. The van der Waals surface area contributed by atoms with Crippen LogP contribution >= 0.6 is 0 Å². The minimum absolute atomic E-state index is 0.119. The molecule has 2 amide bonds. The first-order valence-corrected chi connectivity index (χ1v) is 12.0. The number of amides is 2. The topological polar surface area (TPSA) is 76.7 Å². The lowest BCUT2D eigenvalue weighted by atomic mass is 9.83. The van der Waals surface area contributed by atoms with Crippen LogP contribution in [-0.4, -0.2) is 37.7 Å². The number of allylic oxidation sites excluding steroid dienone is 1. The monoisotopic (exact) mass is 460 g/mol. The minimum atomic E-state index is -0.424. The Morgan fingerprint density at radius 2 is 1.74 bits per heavy atom. The maximum absolute atomic E-state index is 13.4. The molecule has 2 N–H and O–H groups in total. The maximum Gasteiger partial charge on any atom is 0.252 e. The van der Waals surface area contributed by atoms with Crippen LogP contribution in [0.3, 0.4) is 0 Å². The number of rotatable bonds is 4. The molecule has 1 saturated carbocycles. The molecule has 0 radical (unpaired) electrons. The Morgan fingerprint density at radius 3 is 2.53 bits per heavy atom. The van der Waals surface area contributed by atoms with E-state index in [4.69, 9.17) is 9.47 Å². The molecule has 1 aliphatic heterocycles. The molecule has 1 aliphatic carbocycles. The van der Waals surface area contributed by atoms with Crippen molar-refractivity contribution in [2.75, 3.05) is 19.8 Å². The summed E-state index contributed by atoms with van der Waals surface area (Å²) in [4.78, 5) is 26.7. The van der Waals surface area contributed by atoms with Crippen LogP contribution in [0.4, 0.5) is 0 Å². The van der Waals surface area contributed by atoms with Gasteiger partial charge in [-0.1, -0.05) is 66.3 Å². The van der Waals surface area contributed by atoms with Gasteiger partial charge in [0.2, 0.25) is 5.91 Å². The molecule has 0 saturated heterocycles. The first kappa shape index (κ1) is 23.9. The van der Waals surface area contributed by atoms with Gasteiger partial charge in [0.15, 0.2) is 0 Å². The molecule has 4 rings (SSSR count). The highest BCUT2D eigenvalue weighted by molar-refractivity contribution is 5.99. The lowest BCUT2D eigenvalue weighted by Crippen LogP contribution is -2.42. The number of hydrogen-bond donors (Lipinski definition) is 2. The lowest BCUT2D eigenvalue weighted by Gasteiger charge is -2.28. The summed E-state index contributed by atoms with van der Waals surface area (Å²) in [5.41, 5.74) is 4.23. The van der Waals surface area contributed by atoms with Crippen LogP contribution in [0.2, 0.25) is 0 Å². The van der Waals surface area contributed by atoms with Crippen molar-refractivity contribution in [2.45, 2.75) is 44.9 Å². The van der Waals surface area contributed by atoms with Gasteiger partial charge in [-0.3, -0.25) is 9.59 Å². The van der Waals surface area contributed by atoms with Gasteiger partial charge in [-0.05, 0) is 42.9 Å². The second-order valence-corrected chi connectivity index (χ2v) is 8.56. The summed E-state index contributed by atoms with van der Waals surface area (Å²) >= 11 is 0. The normalized spacial score (nSPS) is 20.2. The summed E-state index contributed by atoms with van der Waals surface area (Å²) < 4.78 is 11.3. The lowest BCUT2D eigenvalue weighted by molar-refractivity contribution is -0.118. The van der Waals surface area contributed by atoms with Crippen LogP contribution in [0.25, 0.3) is 0 Å². The Morgan fingerprint density at radius 1 is 0.971 bits per heavy atom. The minimum Gasteiger partial charge on any atom is -0.375 e. The van der Waals surface area contributed by atoms with Crippen molar-refractivity contribution >= 4 is 11.8 Å². The molecule has 0 spiro atoms. The van der Waals surface area contributed by atoms with Crippen molar-refractivity contribution in [1.29, 1.82) is 0 Å². The van der Waals surface area contributed by atoms with Gasteiger partial charge in [0.05, 0.1) is 32.5 Å². The molecule has 1 unspecified atom stereocenters. The number of hydrogen-bond acceptors (Lipinski definition) is 4. The number of benzene rings is 2. The smallest absolute Gasteiger partial charge is 0.252 e. The fourth-order valence-corrected chi connectivity index (χ4v) is 4.17. The van der Waals surface area contributed by atoms with Gasteiger partial charge in [-0.15, -0.1) is 0 Å². The van der Waals surface area contributed by atoms with Crippen LogP contribution in [0.15, 0.2) is 77.9 Å². The van der Waals surface area contributed by atoms with Crippen LogP contribution in [0.1, 0.15) is 47.2 Å². The molecular formula is C28H32N2O4. The molecule has 2 aromatic rings. The molecule has 1 fully saturated rings. The summed E-state index contributed by atoms with van der Waals surface area (Å²) in [7, 11) is 0. The molecule has 178 valence electrons. The fourth-order valence-electron chi connectivity index (χ4n) is 4.17. The molecule has 6 nitrogen and oxygen atoms in total. The first-order valence-electron chi connectivity index (χ1n) is 12.0. The third-order valence-electron chi connectivity index (χ3n) is 6.18.